The van der Waals surface area contributed by atoms with Gasteiger partial charge >= 0.3 is 0 Å². The van der Waals surface area contributed by atoms with Crippen molar-refractivity contribution in [2.45, 2.75) is 32.6 Å². The number of hydrogen-bond acceptors (Lipinski definition) is 4. The molecule has 1 aliphatic rings. The number of rotatable bonds is 6. The molecule has 1 fully saturated rings. The number of nitrogens with zero attached hydrogens (tertiary/aromatic N) is 2. The molecule has 2 heterocycles. The number of ether oxygens (including phenoxy) is 2. The van der Waals surface area contributed by atoms with Crippen LogP contribution in [0.15, 0.2) is 36.4 Å². The number of nitrogens with one attached hydrogen (secondary N) is 1. The van der Waals surface area contributed by atoms with Gasteiger partial charge in [-0.3, -0.25) is 4.79 Å². The van der Waals surface area contributed by atoms with Gasteiger partial charge in [0.05, 0.1) is 29.8 Å². The van der Waals surface area contributed by atoms with E-state index in [1.54, 1.807) is 19.2 Å². The molecule has 2 aromatic carbocycles. The average Bonchev–Trinajstić information content (AvgIpc) is 3.21. The molecule has 0 saturated carbocycles. The lowest BCUT2D eigenvalue weighted by atomic mass is 9.95. The average molecular weight is 442 g/mol. The first-order valence-electron chi connectivity index (χ1n) is 10.7. The number of carbonyl (C=O) groups is 1. The summed E-state index contributed by atoms with van der Waals surface area (Å²) >= 11 is 6.43. The maximum Gasteiger partial charge on any atom is 0.254 e. The Balaban J connectivity index is 1.45. The molecular formula is C24H28ClN3O3. The standard InChI is InChI=1S/C24H28ClN3O3/c1-15(2)14-31-22-18(25)12-17(13-21(22)30-3)24(29)28-10-8-16(9-11-28)23-26-19-6-4-5-7-20(19)27-23/h4-7,12-13,15-16H,8-11,14H2,1-3H3,(H,26,27). The van der Waals surface area contributed by atoms with Crippen LogP contribution in [-0.4, -0.2) is 47.6 Å². The number of likely N-dealkylation sites (tertiary alicyclic amines) is 1. The zero-order valence-corrected chi connectivity index (χ0v) is 18.9. The minimum atomic E-state index is -0.0429. The summed E-state index contributed by atoms with van der Waals surface area (Å²) in [5.41, 5.74) is 2.55. The SMILES string of the molecule is COc1cc(C(=O)N2CCC(c3nc4ccccc4[nH]3)CC2)cc(Cl)c1OCC(C)C. The van der Waals surface area contributed by atoms with Crippen LogP contribution in [0, 0.1) is 5.92 Å². The molecule has 164 valence electrons. The van der Waals surface area contributed by atoms with E-state index in [2.05, 4.69) is 18.8 Å². The van der Waals surface area contributed by atoms with Crippen LogP contribution in [0.3, 0.4) is 0 Å². The second-order valence-corrected chi connectivity index (χ2v) is 8.81. The molecule has 1 amide bonds. The minimum Gasteiger partial charge on any atom is -0.493 e. The van der Waals surface area contributed by atoms with Crippen LogP contribution in [0.25, 0.3) is 11.0 Å². The Labute approximate surface area is 187 Å². The predicted molar refractivity (Wildman–Crippen MR) is 122 cm³/mol. The van der Waals surface area contributed by atoms with Gasteiger partial charge in [0.15, 0.2) is 11.5 Å². The first-order chi connectivity index (χ1) is 15.0. The van der Waals surface area contributed by atoms with Crippen molar-refractivity contribution in [3.63, 3.8) is 0 Å². The van der Waals surface area contributed by atoms with Crippen molar-refractivity contribution in [1.29, 1.82) is 0 Å². The van der Waals surface area contributed by atoms with Gasteiger partial charge in [0.1, 0.15) is 5.82 Å². The lowest BCUT2D eigenvalue weighted by Gasteiger charge is -2.31. The third kappa shape index (κ3) is 4.64. The molecule has 7 heteroatoms. The van der Waals surface area contributed by atoms with Gasteiger partial charge in [-0.05, 0) is 43.0 Å². The molecule has 0 spiro atoms. The summed E-state index contributed by atoms with van der Waals surface area (Å²) in [6, 6.07) is 11.4. The highest BCUT2D eigenvalue weighted by atomic mass is 35.5. The van der Waals surface area contributed by atoms with Crippen LogP contribution >= 0.6 is 11.6 Å². The van der Waals surface area contributed by atoms with Crippen LogP contribution in [0.5, 0.6) is 11.5 Å². The number of imidazole rings is 1. The van der Waals surface area contributed by atoms with Crippen LogP contribution in [0.4, 0.5) is 0 Å². The van der Waals surface area contributed by atoms with E-state index in [9.17, 15) is 4.79 Å². The predicted octanol–water partition coefficient (Wildman–Crippen LogP) is 5.28. The summed E-state index contributed by atoms with van der Waals surface area (Å²) in [5, 5.41) is 0.389. The first-order valence-corrected chi connectivity index (χ1v) is 11.1. The molecule has 4 rings (SSSR count). The molecule has 1 N–H and O–H groups in total. The van der Waals surface area contributed by atoms with Crippen molar-refractivity contribution >= 4 is 28.5 Å². The van der Waals surface area contributed by atoms with E-state index >= 15 is 0 Å². The Hall–Kier alpha value is -2.73. The fraction of sp³-hybridized carbons (Fsp3) is 0.417. The van der Waals surface area contributed by atoms with Gasteiger partial charge in [-0.2, -0.15) is 0 Å². The molecule has 6 nitrogen and oxygen atoms in total. The summed E-state index contributed by atoms with van der Waals surface area (Å²) in [4.78, 5) is 23.2. The van der Waals surface area contributed by atoms with Gasteiger partial charge in [0.2, 0.25) is 0 Å². The van der Waals surface area contributed by atoms with Gasteiger partial charge < -0.3 is 19.4 Å². The minimum absolute atomic E-state index is 0.0429. The van der Waals surface area contributed by atoms with E-state index in [4.69, 9.17) is 26.1 Å². The maximum atomic E-state index is 13.1. The van der Waals surface area contributed by atoms with Gasteiger partial charge in [0.25, 0.3) is 5.91 Å². The maximum absolute atomic E-state index is 13.1. The van der Waals surface area contributed by atoms with Gasteiger partial charge in [-0.15, -0.1) is 0 Å². The lowest BCUT2D eigenvalue weighted by molar-refractivity contribution is 0.0711. The molecule has 0 atom stereocenters. The van der Waals surface area contributed by atoms with Crippen LogP contribution in [0.1, 0.15) is 48.8 Å². The van der Waals surface area contributed by atoms with Gasteiger partial charge in [0, 0.05) is 24.6 Å². The van der Waals surface area contributed by atoms with Crippen molar-refractivity contribution in [2.24, 2.45) is 5.92 Å². The number of para-hydroxylation sites is 2. The summed E-state index contributed by atoms with van der Waals surface area (Å²) in [7, 11) is 1.56. The smallest absolute Gasteiger partial charge is 0.254 e. The number of piperidine rings is 1. The van der Waals surface area contributed by atoms with E-state index < -0.39 is 0 Å². The van der Waals surface area contributed by atoms with Gasteiger partial charge in [-0.25, -0.2) is 4.98 Å². The molecule has 0 aliphatic carbocycles. The molecular weight excluding hydrogens is 414 g/mol. The van der Waals surface area contributed by atoms with Crippen molar-refractivity contribution in [3.05, 3.63) is 52.8 Å². The number of aromatic amines is 1. The fourth-order valence-electron chi connectivity index (χ4n) is 3.94. The summed E-state index contributed by atoms with van der Waals surface area (Å²) in [5.74, 6) is 2.60. The number of benzene rings is 2. The molecule has 31 heavy (non-hydrogen) atoms. The lowest BCUT2D eigenvalue weighted by Crippen LogP contribution is -2.38. The molecule has 1 aliphatic heterocycles. The van der Waals surface area contributed by atoms with Crippen LogP contribution in [-0.2, 0) is 0 Å². The number of methoxy groups -OCH3 is 1. The molecule has 3 aromatic rings. The Morgan fingerprint density at radius 2 is 2.00 bits per heavy atom. The Morgan fingerprint density at radius 3 is 2.68 bits per heavy atom. The van der Waals surface area contributed by atoms with E-state index in [0.717, 1.165) is 29.7 Å². The number of amides is 1. The van der Waals surface area contributed by atoms with Crippen molar-refractivity contribution in [3.8, 4) is 11.5 Å². The van der Waals surface area contributed by atoms with Crippen LogP contribution < -0.4 is 9.47 Å². The van der Waals surface area contributed by atoms with E-state index in [1.165, 1.54) is 0 Å². The van der Waals surface area contributed by atoms with Crippen LogP contribution in [0.2, 0.25) is 5.02 Å². The summed E-state index contributed by atoms with van der Waals surface area (Å²) in [6.07, 6.45) is 1.73. The zero-order chi connectivity index (χ0) is 22.0. The monoisotopic (exact) mass is 441 g/mol. The van der Waals surface area contributed by atoms with Crippen molar-refractivity contribution < 1.29 is 14.3 Å². The molecule has 0 unspecified atom stereocenters. The number of aromatic nitrogens is 2. The number of fused-ring (bicyclic) bond motifs is 1. The van der Waals surface area contributed by atoms with E-state index in [-0.39, 0.29) is 5.91 Å². The second-order valence-electron chi connectivity index (χ2n) is 8.40. The molecule has 1 aromatic heterocycles. The Morgan fingerprint density at radius 1 is 1.26 bits per heavy atom. The highest BCUT2D eigenvalue weighted by Crippen LogP contribution is 2.37. The quantitative estimate of drug-likeness (QED) is 0.565. The van der Waals surface area contributed by atoms with Crippen molar-refractivity contribution in [2.75, 3.05) is 26.8 Å². The summed E-state index contributed by atoms with van der Waals surface area (Å²) in [6.45, 7) is 6.00. The highest BCUT2D eigenvalue weighted by molar-refractivity contribution is 6.32. The summed E-state index contributed by atoms with van der Waals surface area (Å²) < 4.78 is 11.2. The topological polar surface area (TPSA) is 67.5 Å². The van der Waals surface area contributed by atoms with E-state index in [1.807, 2.05) is 29.2 Å². The Bertz CT molecular complexity index is 1040. The number of H-pyrrole nitrogens is 1. The van der Waals surface area contributed by atoms with Gasteiger partial charge in [-0.1, -0.05) is 37.6 Å². The normalized spacial score (nSPS) is 14.9. The highest BCUT2D eigenvalue weighted by Gasteiger charge is 2.27. The molecule has 0 bridgehead atoms. The van der Waals surface area contributed by atoms with Crippen molar-refractivity contribution in [1.82, 2.24) is 14.9 Å². The molecule has 0 radical (unpaired) electrons. The fourth-order valence-corrected chi connectivity index (χ4v) is 4.20. The number of carbonyl (C=O) groups excluding carboxylic acids is 1. The third-order valence-electron chi connectivity index (χ3n) is 5.61. The largest absolute Gasteiger partial charge is 0.493 e. The number of halogens is 1. The number of hydrogen-bond donors (Lipinski definition) is 1. The third-order valence-corrected chi connectivity index (χ3v) is 5.89. The molecule has 1 saturated heterocycles. The first kappa shape index (κ1) is 21.5. The zero-order valence-electron chi connectivity index (χ0n) is 18.2. The van der Waals surface area contributed by atoms with E-state index in [0.29, 0.717) is 53.6 Å². The Kier molecular flexibility index (Phi) is 6.37. The second kappa shape index (κ2) is 9.18.